The summed E-state index contributed by atoms with van der Waals surface area (Å²) in [7, 11) is -19.6. The first-order chi connectivity index (χ1) is 25.9. The zero-order valence-electron chi connectivity index (χ0n) is 34.1. The molecule has 55 heavy (non-hydrogen) atoms. The van der Waals surface area contributed by atoms with Crippen molar-refractivity contribution in [1.82, 2.24) is 0 Å². The molecule has 0 aromatic rings. The Hall–Kier alpha value is 1.15. The van der Waals surface area contributed by atoms with E-state index in [0.717, 1.165) is 138 Å². The molecular formula is C34H74O16P4Ti. The van der Waals surface area contributed by atoms with Gasteiger partial charge in [-0.05, 0) is 25.7 Å². The molecule has 1 saturated heterocycles. The van der Waals surface area contributed by atoms with Crippen molar-refractivity contribution in [3.05, 3.63) is 0 Å². The Morgan fingerprint density at radius 2 is 0.545 bits per heavy atom. The van der Waals surface area contributed by atoms with Crippen LogP contribution in [0.1, 0.15) is 182 Å². The molecule has 21 heteroatoms. The topological polar surface area (TPSA) is 256 Å². The first-order valence-corrected chi connectivity index (χ1v) is 30.0. The molecule has 1 rings (SSSR count). The van der Waals surface area contributed by atoms with E-state index < -0.39 is 48.7 Å². The molecule has 4 atom stereocenters. The zero-order valence-corrected chi connectivity index (χ0v) is 39.3. The Kier molecular flexibility index (Phi) is 38.0. The fourth-order valence-electron chi connectivity index (χ4n) is 4.69. The van der Waals surface area contributed by atoms with Gasteiger partial charge in [-0.25, -0.2) is 8.62 Å². The van der Waals surface area contributed by atoms with E-state index in [1.807, 2.05) is 0 Å². The molecule has 0 aromatic carbocycles. The van der Waals surface area contributed by atoms with Crippen LogP contribution in [-0.4, -0.2) is 33.8 Å². The van der Waals surface area contributed by atoms with E-state index in [0.29, 0.717) is 25.7 Å². The third kappa shape index (κ3) is 46.1. The van der Waals surface area contributed by atoms with Crippen molar-refractivity contribution >= 4 is 31.3 Å². The maximum atomic E-state index is 11.5. The number of hydrogen-bond donors (Lipinski definition) is 2. The predicted octanol–water partition coefficient (Wildman–Crippen LogP) is 9.19. The van der Waals surface area contributed by atoms with Crippen LogP contribution in [0.15, 0.2) is 0 Å². The van der Waals surface area contributed by atoms with Gasteiger partial charge >= 0.3 is 34.2 Å². The van der Waals surface area contributed by atoms with Gasteiger partial charge < -0.3 is 37.7 Å². The number of phosphoric acid groups is 4. The maximum absolute atomic E-state index is 11.5. The van der Waals surface area contributed by atoms with Gasteiger partial charge in [-0.2, -0.15) is 0 Å². The van der Waals surface area contributed by atoms with E-state index in [-0.39, 0.29) is 26.4 Å². The predicted molar refractivity (Wildman–Crippen MR) is 204 cm³/mol. The van der Waals surface area contributed by atoms with E-state index in [1.54, 1.807) is 0 Å². The summed E-state index contributed by atoms with van der Waals surface area (Å²) in [5, 5.41) is 0. The Bertz CT molecular complexity index is 936. The zero-order chi connectivity index (χ0) is 42.0. The van der Waals surface area contributed by atoms with Crippen LogP contribution in [0, 0.1) is 0 Å². The molecular weight excluding hydrogens is 836 g/mol. The van der Waals surface area contributed by atoms with Crippen molar-refractivity contribution in [1.29, 1.82) is 0 Å². The molecule has 4 unspecified atom stereocenters. The summed E-state index contributed by atoms with van der Waals surface area (Å²) in [6.07, 6.45) is 23.1. The molecule has 1 fully saturated rings. The van der Waals surface area contributed by atoms with Crippen molar-refractivity contribution in [2.24, 2.45) is 0 Å². The Morgan fingerprint density at radius 3 is 0.709 bits per heavy atom. The summed E-state index contributed by atoms with van der Waals surface area (Å²) in [6.45, 7) is 8.14. The number of rotatable bonds is 36. The molecule has 1 aliphatic rings. The van der Waals surface area contributed by atoms with Gasteiger partial charge in [-0.1, -0.05) is 156 Å². The Labute approximate surface area is 336 Å². The van der Waals surface area contributed by atoms with Gasteiger partial charge in [0.05, 0.1) is 26.4 Å². The van der Waals surface area contributed by atoms with Gasteiger partial charge in [0.1, 0.15) is 0 Å². The summed E-state index contributed by atoms with van der Waals surface area (Å²) in [4.78, 5) is 46.1. The van der Waals surface area contributed by atoms with Gasteiger partial charge in [0.15, 0.2) is 0 Å². The molecule has 0 bridgehead atoms. The molecule has 2 N–H and O–H groups in total. The fraction of sp³-hybridized carbons (Fsp3) is 1.00. The monoisotopic (exact) mass is 910 g/mol. The van der Waals surface area contributed by atoms with Gasteiger partial charge in [0, 0.05) is 0 Å². The SMILES string of the molecule is CCCCCCCCOP(=O)([O-])OP(=O)([O-])OCCCCCCCC.CCCCCCCCOP(=O)([O-])OP(=O)([O-])OCCCCCCCC.[OH][Ti+4]1([OH])[CH2][CH2]1. The van der Waals surface area contributed by atoms with Crippen molar-refractivity contribution < 1.29 is 89.3 Å². The van der Waals surface area contributed by atoms with Gasteiger partial charge in [0.25, 0.3) is 31.3 Å². The van der Waals surface area contributed by atoms with Gasteiger partial charge in [0.2, 0.25) is 0 Å². The second-order valence-corrected chi connectivity index (χ2v) is 24.4. The van der Waals surface area contributed by atoms with Crippen LogP contribution in [0.25, 0.3) is 0 Å². The van der Waals surface area contributed by atoms with Crippen LogP contribution in [0.4, 0.5) is 0 Å². The molecule has 330 valence electrons. The average molecular weight is 911 g/mol. The van der Waals surface area contributed by atoms with Crippen molar-refractivity contribution in [3.63, 3.8) is 0 Å². The minimum atomic E-state index is -4.90. The second-order valence-electron chi connectivity index (χ2n) is 13.8. The van der Waals surface area contributed by atoms with Crippen molar-refractivity contribution in [3.8, 4) is 0 Å². The Balaban J connectivity index is 0. The van der Waals surface area contributed by atoms with Crippen molar-refractivity contribution in [2.45, 2.75) is 191 Å². The van der Waals surface area contributed by atoms with Crippen LogP contribution in [0.2, 0.25) is 9.45 Å². The molecule has 0 amide bonds. The van der Waals surface area contributed by atoms with E-state index in [4.69, 9.17) is 7.38 Å². The standard InChI is InChI=1S/2C16H36O7P2.C2H4.2H2O.Ti/c2*1-3-5-7-9-11-13-15-21-24(17,18)23-25(19,20)22-16-14-12-10-8-6-4-2;1-2;;;/h2*3-16H2,1-2H3,(H,17,18)(H,19,20);1-2H2;2*1H2;/q;;;;;+6/p-6. The number of hydrogen-bond acceptors (Lipinski definition) is 16. The summed E-state index contributed by atoms with van der Waals surface area (Å²) in [5.41, 5.74) is 0. The molecule has 1 aliphatic heterocycles. The summed E-state index contributed by atoms with van der Waals surface area (Å²) < 4.78 is 90.7. The molecule has 0 saturated carbocycles. The molecule has 0 aliphatic carbocycles. The number of phosphoric ester groups is 4. The molecule has 0 spiro atoms. The van der Waals surface area contributed by atoms with E-state index in [9.17, 15) is 37.8 Å². The molecule has 16 nitrogen and oxygen atoms in total. The molecule has 0 aromatic heterocycles. The van der Waals surface area contributed by atoms with Crippen LogP contribution in [0.3, 0.4) is 0 Å². The molecule has 1 heterocycles. The van der Waals surface area contributed by atoms with Crippen LogP contribution in [-0.2, 0) is 62.3 Å². The van der Waals surface area contributed by atoms with Crippen LogP contribution in [0.5, 0.6) is 0 Å². The summed E-state index contributed by atoms with van der Waals surface area (Å²) in [6, 6.07) is 0. The van der Waals surface area contributed by atoms with Gasteiger partial charge in [-0.15, -0.1) is 0 Å². The van der Waals surface area contributed by atoms with E-state index >= 15 is 0 Å². The van der Waals surface area contributed by atoms with E-state index in [1.165, 1.54) is 0 Å². The third-order valence-electron chi connectivity index (χ3n) is 8.09. The first-order valence-electron chi connectivity index (χ1n) is 20.6. The third-order valence-corrected chi connectivity index (χ3v) is 15.5. The van der Waals surface area contributed by atoms with Crippen LogP contribution < -0.4 is 19.6 Å². The number of unbranched alkanes of at least 4 members (excludes halogenated alkanes) is 20. The first kappa shape index (κ1) is 58.2. The van der Waals surface area contributed by atoms with Crippen LogP contribution >= 0.6 is 31.3 Å². The Morgan fingerprint density at radius 1 is 0.382 bits per heavy atom. The normalized spacial score (nSPS) is 16.5. The van der Waals surface area contributed by atoms with Gasteiger partial charge in [-0.3, -0.25) is 18.3 Å². The summed E-state index contributed by atoms with van der Waals surface area (Å²) in [5.74, 6) is 0. The van der Waals surface area contributed by atoms with Crippen molar-refractivity contribution in [2.75, 3.05) is 26.4 Å². The second kappa shape index (κ2) is 35.9. The summed E-state index contributed by atoms with van der Waals surface area (Å²) >= 11 is -2.75. The van der Waals surface area contributed by atoms with E-state index in [2.05, 4.69) is 54.4 Å². The molecule has 0 radical (unpaired) electrons. The average Bonchev–Trinajstić information content (AvgIpc) is 3.79. The minimum absolute atomic E-state index is 0.0790. The quantitative estimate of drug-likeness (QED) is 0.0337. The fourth-order valence-corrected chi connectivity index (χ4v) is 10.6.